The van der Waals surface area contributed by atoms with E-state index >= 15 is 0 Å². The van der Waals surface area contributed by atoms with Crippen molar-refractivity contribution in [2.45, 2.75) is 33.2 Å². The van der Waals surface area contributed by atoms with Gasteiger partial charge in [0.2, 0.25) is 0 Å². The highest BCUT2D eigenvalue weighted by atomic mass is 16.1. The second-order valence-electron chi connectivity index (χ2n) is 5.04. The van der Waals surface area contributed by atoms with Crippen molar-refractivity contribution in [2.75, 3.05) is 32.0 Å². The molecule has 0 aromatic carbocycles. The summed E-state index contributed by atoms with van der Waals surface area (Å²) >= 11 is 0. The van der Waals surface area contributed by atoms with Crippen LogP contribution < -0.4 is 10.6 Å². The smallest absolute Gasteiger partial charge is 0.271 e. The minimum absolute atomic E-state index is 0.184. The summed E-state index contributed by atoms with van der Waals surface area (Å²) in [6, 6.07) is 0.468. The van der Waals surface area contributed by atoms with Crippen LogP contribution in [0, 0.1) is 0 Å². The zero-order valence-electron chi connectivity index (χ0n) is 12.8. The lowest BCUT2D eigenvalue weighted by Gasteiger charge is -2.20. The normalized spacial score (nSPS) is 10.9. The monoisotopic (exact) mass is 279 g/mol. The van der Waals surface area contributed by atoms with Crippen LogP contribution in [-0.4, -0.2) is 53.5 Å². The third-order valence-electron chi connectivity index (χ3n) is 3.07. The molecule has 20 heavy (non-hydrogen) atoms. The van der Waals surface area contributed by atoms with Crippen LogP contribution in [0.1, 0.15) is 37.7 Å². The minimum atomic E-state index is -0.184. The van der Waals surface area contributed by atoms with Crippen molar-refractivity contribution in [2.24, 2.45) is 0 Å². The molecule has 1 aromatic rings. The molecule has 6 heteroatoms. The number of anilines is 1. The number of nitrogens with zero attached hydrogens (tertiary/aromatic N) is 3. The van der Waals surface area contributed by atoms with Crippen LogP contribution in [0.5, 0.6) is 0 Å². The maximum absolute atomic E-state index is 11.9. The molecular formula is C14H25N5O. The van der Waals surface area contributed by atoms with E-state index in [2.05, 4.69) is 46.3 Å². The summed E-state index contributed by atoms with van der Waals surface area (Å²) in [5.41, 5.74) is 0.347. The highest BCUT2D eigenvalue weighted by Crippen LogP contribution is 2.01. The first-order valence-electron chi connectivity index (χ1n) is 7.09. The lowest BCUT2D eigenvalue weighted by atomic mass is 10.3. The topological polar surface area (TPSA) is 70.2 Å². The largest absolute Gasteiger partial charge is 0.369 e. The van der Waals surface area contributed by atoms with Crippen molar-refractivity contribution in [3.8, 4) is 0 Å². The number of rotatable bonds is 8. The van der Waals surface area contributed by atoms with Gasteiger partial charge in [-0.15, -0.1) is 0 Å². The highest BCUT2D eigenvalue weighted by molar-refractivity contribution is 5.91. The molecule has 1 heterocycles. The molecule has 1 rings (SSSR count). The Balaban J connectivity index is 2.39. The summed E-state index contributed by atoms with van der Waals surface area (Å²) in [4.78, 5) is 22.3. The summed E-state index contributed by atoms with van der Waals surface area (Å²) in [5, 5.41) is 5.96. The van der Waals surface area contributed by atoms with Crippen molar-refractivity contribution in [3.63, 3.8) is 0 Å². The van der Waals surface area contributed by atoms with Crippen molar-refractivity contribution >= 4 is 11.7 Å². The number of likely N-dealkylation sites (N-methyl/N-ethyl adjacent to an activating group) is 1. The fourth-order valence-electron chi connectivity index (χ4n) is 1.48. The molecule has 0 saturated heterocycles. The van der Waals surface area contributed by atoms with E-state index in [4.69, 9.17) is 0 Å². The summed E-state index contributed by atoms with van der Waals surface area (Å²) in [5.74, 6) is 0.514. The SMILES string of the molecule is CCCNc1cnc(C(=O)NCCN(C)C(C)C)cn1. The summed E-state index contributed by atoms with van der Waals surface area (Å²) in [6.07, 6.45) is 4.11. The predicted molar refractivity (Wildman–Crippen MR) is 80.9 cm³/mol. The van der Waals surface area contributed by atoms with Crippen LogP contribution in [-0.2, 0) is 0 Å². The van der Waals surface area contributed by atoms with Gasteiger partial charge in [-0.25, -0.2) is 9.97 Å². The standard InChI is InChI=1S/C14H25N5O/c1-5-6-15-13-10-17-12(9-18-13)14(20)16-7-8-19(4)11(2)3/h9-11H,5-8H2,1-4H3,(H,15,18)(H,16,20). The van der Waals surface area contributed by atoms with E-state index in [0.717, 1.165) is 19.5 Å². The Bertz CT molecular complexity index is 405. The number of aromatic nitrogens is 2. The van der Waals surface area contributed by atoms with Gasteiger partial charge in [-0.1, -0.05) is 6.92 Å². The second kappa shape index (κ2) is 8.47. The maximum Gasteiger partial charge on any atom is 0.271 e. The zero-order valence-corrected chi connectivity index (χ0v) is 12.8. The molecule has 0 bridgehead atoms. The van der Waals surface area contributed by atoms with E-state index in [1.54, 1.807) is 6.20 Å². The van der Waals surface area contributed by atoms with Gasteiger partial charge in [-0.2, -0.15) is 0 Å². The van der Waals surface area contributed by atoms with Crippen molar-refractivity contribution in [1.29, 1.82) is 0 Å². The average molecular weight is 279 g/mol. The number of hydrogen-bond donors (Lipinski definition) is 2. The molecule has 0 spiro atoms. The Morgan fingerprint density at radius 3 is 2.60 bits per heavy atom. The number of nitrogens with one attached hydrogen (secondary N) is 2. The molecule has 0 aliphatic carbocycles. The van der Waals surface area contributed by atoms with Gasteiger partial charge in [-0.3, -0.25) is 4.79 Å². The van der Waals surface area contributed by atoms with Crippen LogP contribution >= 0.6 is 0 Å². The molecular weight excluding hydrogens is 254 g/mol. The molecule has 1 amide bonds. The van der Waals surface area contributed by atoms with Gasteiger partial charge in [0, 0.05) is 25.7 Å². The molecule has 0 saturated carbocycles. The first kappa shape index (κ1) is 16.4. The number of carbonyl (C=O) groups excluding carboxylic acids is 1. The van der Waals surface area contributed by atoms with Gasteiger partial charge in [-0.05, 0) is 27.3 Å². The quantitative estimate of drug-likeness (QED) is 0.752. The Kier molecular flexibility index (Phi) is 6.93. The molecule has 1 aromatic heterocycles. The molecule has 0 radical (unpaired) electrons. The fraction of sp³-hybridized carbons (Fsp3) is 0.643. The van der Waals surface area contributed by atoms with Gasteiger partial charge in [0.15, 0.2) is 0 Å². The molecule has 0 fully saturated rings. The third-order valence-corrected chi connectivity index (χ3v) is 3.07. The highest BCUT2D eigenvalue weighted by Gasteiger charge is 2.08. The van der Waals surface area contributed by atoms with Crippen LogP contribution in [0.4, 0.5) is 5.82 Å². The fourth-order valence-corrected chi connectivity index (χ4v) is 1.48. The minimum Gasteiger partial charge on any atom is -0.369 e. The first-order chi connectivity index (χ1) is 9.54. The van der Waals surface area contributed by atoms with Crippen LogP contribution in [0.3, 0.4) is 0 Å². The van der Waals surface area contributed by atoms with Crippen LogP contribution in [0.15, 0.2) is 12.4 Å². The Morgan fingerprint density at radius 1 is 1.30 bits per heavy atom. The van der Waals surface area contributed by atoms with Gasteiger partial charge in [0.25, 0.3) is 5.91 Å². The Labute approximate surface area is 121 Å². The first-order valence-corrected chi connectivity index (χ1v) is 7.09. The zero-order chi connectivity index (χ0) is 15.0. The van der Waals surface area contributed by atoms with Crippen LogP contribution in [0.2, 0.25) is 0 Å². The summed E-state index contributed by atoms with van der Waals surface area (Å²) in [7, 11) is 2.03. The van der Waals surface area contributed by atoms with E-state index < -0.39 is 0 Å². The van der Waals surface area contributed by atoms with Gasteiger partial charge in [0.1, 0.15) is 11.5 Å². The second-order valence-corrected chi connectivity index (χ2v) is 5.04. The third kappa shape index (κ3) is 5.52. The van der Waals surface area contributed by atoms with E-state index in [9.17, 15) is 4.79 Å². The van der Waals surface area contributed by atoms with Crippen LogP contribution in [0.25, 0.3) is 0 Å². The molecule has 0 aliphatic heterocycles. The molecule has 0 aliphatic rings. The van der Waals surface area contributed by atoms with Crippen molar-refractivity contribution in [1.82, 2.24) is 20.2 Å². The van der Waals surface area contributed by atoms with E-state index in [1.165, 1.54) is 6.20 Å². The Hall–Kier alpha value is -1.69. The maximum atomic E-state index is 11.9. The lowest BCUT2D eigenvalue weighted by Crippen LogP contribution is -2.36. The molecule has 112 valence electrons. The lowest BCUT2D eigenvalue weighted by molar-refractivity contribution is 0.0942. The number of amides is 1. The summed E-state index contributed by atoms with van der Waals surface area (Å²) in [6.45, 7) is 8.58. The van der Waals surface area contributed by atoms with Gasteiger partial charge >= 0.3 is 0 Å². The van der Waals surface area contributed by atoms with Crippen molar-refractivity contribution < 1.29 is 4.79 Å². The molecule has 0 unspecified atom stereocenters. The molecule has 0 atom stereocenters. The van der Waals surface area contributed by atoms with E-state index in [0.29, 0.717) is 24.1 Å². The number of carbonyl (C=O) groups is 1. The average Bonchev–Trinajstić information content (AvgIpc) is 2.45. The number of hydrogen-bond acceptors (Lipinski definition) is 5. The van der Waals surface area contributed by atoms with Crippen molar-refractivity contribution in [3.05, 3.63) is 18.1 Å². The van der Waals surface area contributed by atoms with Gasteiger partial charge < -0.3 is 15.5 Å². The van der Waals surface area contributed by atoms with Gasteiger partial charge in [0.05, 0.1) is 12.4 Å². The van der Waals surface area contributed by atoms with E-state index in [1.807, 2.05) is 7.05 Å². The summed E-state index contributed by atoms with van der Waals surface area (Å²) < 4.78 is 0. The predicted octanol–water partition coefficient (Wildman–Crippen LogP) is 1.37. The van der Waals surface area contributed by atoms with E-state index in [-0.39, 0.29) is 5.91 Å². The molecule has 6 nitrogen and oxygen atoms in total. The molecule has 2 N–H and O–H groups in total. The Morgan fingerprint density at radius 2 is 2.05 bits per heavy atom.